The lowest BCUT2D eigenvalue weighted by Gasteiger charge is -2.53. The summed E-state index contributed by atoms with van der Waals surface area (Å²) in [6.45, 7) is 7.75. The van der Waals surface area contributed by atoms with E-state index in [-0.39, 0.29) is 17.3 Å². The van der Waals surface area contributed by atoms with E-state index in [4.69, 9.17) is 0 Å². The molecule has 158 valence electrons. The molecule has 6 atom stereocenters. The smallest absolute Gasteiger partial charge is 0.226 e. The third-order valence-corrected chi connectivity index (χ3v) is 8.79. The average molecular weight is 399 g/mol. The molecule has 3 fully saturated rings. The summed E-state index contributed by atoms with van der Waals surface area (Å²) in [6.07, 6.45) is 4.15. The van der Waals surface area contributed by atoms with Crippen LogP contribution >= 0.6 is 0 Å². The van der Waals surface area contributed by atoms with E-state index in [9.17, 15) is 15.0 Å². The predicted octanol–water partition coefficient (Wildman–Crippen LogP) is 2.58. The molecule has 3 N–H and O–H groups in total. The van der Waals surface area contributed by atoms with Gasteiger partial charge in [-0.25, -0.2) is 0 Å². The largest absolute Gasteiger partial charge is 0.508 e. The third kappa shape index (κ3) is 2.84. The topological polar surface area (TPSA) is 72.8 Å². The Hall–Kier alpha value is -1.59. The molecule has 0 spiro atoms. The van der Waals surface area contributed by atoms with Crippen LogP contribution in [0.5, 0.6) is 5.75 Å². The number of aliphatic hydroxyl groups excluding tert-OH is 1. The van der Waals surface area contributed by atoms with Crippen molar-refractivity contribution in [1.29, 1.82) is 0 Å². The van der Waals surface area contributed by atoms with Gasteiger partial charge in [0.2, 0.25) is 5.91 Å². The van der Waals surface area contributed by atoms with Gasteiger partial charge in [-0.3, -0.25) is 4.79 Å². The number of benzene rings is 1. The molecule has 4 aliphatic rings. The van der Waals surface area contributed by atoms with Crippen LogP contribution in [0.25, 0.3) is 0 Å². The minimum Gasteiger partial charge on any atom is -0.508 e. The minimum atomic E-state index is -0.447. The maximum absolute atomic E-state index is 13.4. The van der Waals surface area contributed by atoms with Crippen LogP contribution in [0.2, 0.25) is 0 Å². The molecular formula is C24H34N2O3. The Balaban J connectivity index is 1.47. The van der Waals surface area contributed by atoms with Crippen molar-refractivity contribution in [1.82, 2.24) is 10.2 Å². The fraction of sp³-hybridized carbons (Fsp3) is 0.708. The second-order valence-corrected chi connectivity index (χ2v) is 10.1. The molecule has 1 aromatic rings. The van der Waals surface area contributed by atoms with E-state index >= 15 is 0 Å². The van der Waals surface area contributed by atoms with Crippen molar-refractivity contribution >= 4 is 5.91 Å². The molecule has 0 aromatic heterocycles. The number of fused-ring (bicyclic) bond motifs is 5. The summed E-state index contributed by atoms with van der Waals surface area (Å²) in [5.41, 5.74) is 3.29. The highest BCUT2D eigenvalue weighted by Crippen LogP contribution is 2.63. The first kappa shape index (κ1) is 19.4. The Morgan fingerprint density at radius 3 is 2.72 bits per heavy atom. The van der Waals surface area contributed by atoms with Gasteiger partial charge in [0.05, 0.1) is 6.10 Å². The van der Waals surface area contributed by atoms with Crippen molar-refractivity contribution in [3.8, 4) is 5.75 Å². The lowest BCUT2D eigenvalue weighted by Crippen LogP contribution is -2.54. The quantitative estimate of drug-likeness (QED) is 0.680. The van der Waals surface area contributed by atoms with Gasteiger partial charge in [0.1, 0.15) is 5.75 Å². The number of nitrogens with zero attached hydrogens (tertiary/aromatic N) is 1. The normalized spacial score (nSPS) is 38.9. The van der Waals surface area contributed by atoms with E-state index in [0.29, 0.717) is 29.9 Å². The summed E-state index contributed by atoms with van der Waals surface area (Å²) in [5.74, 6) is 1.69. The van der Waals surface area contributed by atoms with Gasteiger partial charge in [0.15, 0.2) is 0 Å². The number of aliphatic hydroxyl groups is 1. The fourth-order valence-electron chi connectivity index (χ4n) is 7.48. The first-order valence-electron chi connectivity index (χ1n) is 11.4. The van der Waals surface area contributed by atoms with Crippen molar-refractivity contribution < 1.29 is 15.0 Å². The Labute approximate surface area is 173 Å². The van der Waals surface area contributed by atoms with Crippen LogP contribution in [0.1, 0.15) is 55.2 Å². The van der Waals surface area contributed by atoms with Gasteiger partial charge in [-0.15, -0.1) is 0 Å². The van der Waals surface area contributed by atoms with Crippen LogP contribution < -0.4 is 5.32 Å². The summed E-state index contributed by atoms with van der Waals surface area (Å²) in [6, 6.07) is 3.79. The van der Waals surface area contributed by atoms with E-state index < -0.39 is 6.10 Å². The molecule has 1 heterocycles. The van der Waals surface area contributed by atoms with Crippen molar-refractivity contribution in [3.05, 3.63) is 28.8 Å². The Morgan fingerprint density at radius 2 is 1.97 bits per heavy atom. The highest BCUT2D eigenvalue weighted by Gasteiger charge is 2.60. The number of rotatable bonds is 1. The van der Waals surface area contributed by atoms with Gasteiger partial charge in [0, 0.05) is 38.0 Å². The maximum atomic E-state index is 13.4. The van der Waals surface area contributed by atoms with Crippen LogP contribution in [0.4, 0.5) is 0 Å². The van der Waals surface area contributed by atoms with Gasteiger partial charge in [-0.2, -0.15) is 0 Å². The molecule has 0 radical (unpaired) electrons. The Kier molecular flexibility index (Phi) is 4.67. The van der Waals surface area contributed by atoms with E-state index in [1.165, 1.54) is 11.1 Å². The van der Waals surface area contributed by atoms with Gasteiger partial charge in [-0.05, 0) is 79.0 Å². The first-order chi connectivity index (χ1) is 13.9. The monoisotopic (exact) mass is 398 g/mol. The number of phenolic OH excluding ortho intramolecular Hbond substituents is 1. The number of aryl methyl sites for hydroxylation is 1. The van der Waals surface area contributed by atoms with Gasteiger partial charge >= 0.3 is 0 Å². The van der Waals surface area contributed by atoms with Gasteiger partial charge in [0.25, 0.3) is 0 Å². The molecule has 3 unspecified atom stereocenters. The molecule has 5 rings (SSSR count). The molecule has 1 saturated heterocycles. The molecule has 1 aromatic carbocycles. The third-order valence-electron chi connectivity index (χ3n) is 8.79. The summed E-state index contributed by atoms with van der Waals surface area (Å²) in [5, 5.41) is 25.1. The molecule has 2 saturated carbocycles. The zero-order valence-electron chi connectivity index (χ0n) is 17.7. The highest BCUT2D eigenvalue weighted by molar-refractivity contribution is 5.80. The molecule has 29 heavy (non-hydrogen) atoms. The molecule has 5 nitrogen and oxygen atoms in total. The molecular weight excluding hydrogens is 364 g/mol. The summed E-state index contributed by atoms with van der Waals surface area (Å²) in [7, 11) is 0. The second-order valence-electron chi connectivity index (χ2n) is 10.1. The number of hydrogen-bond acceptors (Lipinski definition) is 4. The van der Waals surface area contributed by atoms with Crippen molar-refractivity contribution in [2.75, 3.05) is 26.2 Å². The predicted molar refractivity (Wildman–Crippen MR) is 112 cm³/mol. The van der Waals surface area contributed by atoms with Gasteiger partial charge < -0.3 is 20.4 Å². The molecule has 5 heteroatoms. The summed E-state index contributed by atoms with van der Waals surface area (Å²) >= 11 is 0. The lowest BCUT2D eigenvalue weighted by molar-refractivity contribution is -0.144. The number of carbonyl (C=O) groups excluding carboxylic acids is 1. The number of carbonyl (C=O) groups is 1. The average Bonchev–Trinajstić information content (AvgIpc) is 3.07. The SMILES string of the molecule is Cc1ccc(O)c2c1C1C(CC2)C2CC[C@H](C(=O)N3CCNCC3)[C@@]2(C)C[C@@H]1O. The van der Waals surface area contributed by atoms with Crippen molar-refractivity contribution in [3.63, 3.8) is 0 Å². The number of amides is 1. The Bertz CT molecular complexity index is 819. The zero-order valence-corrected chi connectivity index (χ0v) is 17.7. The second kappa shape index (κ2) is 6.98. The Morgan fingerprint density at radius 1 is 1.21 bits per heavy atom. The summed E-state index contributed by atoms with van der Waals surface area (Å²) in [4.78, 5) is 15.5. The lowest BCUT2D eigenvalue weighted by atomic mass is 9.52. The van der Waals surface area contributed by atoms with E-state index in [2.05, 4.69) is 19.2 Å². The zero-order chi connectivity index (χ0) is 20.3. The summed E-state index contributed by atoms with van der Waals surface area (Å²) < 4.78 is 0. The van der Waals surface area contributed by atoms with Crippen LogP contribution in [0.15, 0.2) is 12.1 Å². The van der Waals surface area contributed by atoms with E-state index in [1.54, 1.807) is 6.07 Å². The number of phenols is 1. The number of nitrogens with one attached hydrogen (secondary N) is 1. The standard InChI is InChI=1S/C24H34N2O3/c1-14-3-8-19(27)16-5-4-15-17-6-7-18(23(29)26-11-9-25-10-12-26)24(17,2)13-20(28)22(15)21(14)16/h3,8,15,17-18,20,22,25,27-28H,4-7,9-13H2,1-2H3/t15?,17?,18-,20+,22?,24+/m1/s1. The van der Waals surface area contributed by atoms with Crippen molar-refractivity contribution in [2.45, 2.75) is 58.0 Å². The van der Waals surface area contributed by atoms with Crippen LogP contribution in [0, 0.1) is 30.1 Å². The van der Waals surface area contributed by atoms with Crippen LogP contribution in [-0.4, -0.2) is 53.3 Å². The molecule has 1 amide bonds. The molecule has 3 aliphatic carbocycles. The fourth-order valence-corrected chi connectivity index (χ4v) is 7.48. The molecule has 1 aliphatic heterocycles. The van der Waals surface area contributed by atoms with Gasteiger partial charge in [-0.1, -0.05) is 13.0 Å². The van der Waals surface area contributed by atoms with Crippen molar-refractivity contribution in [2.24, 2.45) is 23.2 Å². The number of piperazine rings is 1. The number of aromatic hydroxyl groups is 1. The van der Waals surface area contributed by atoms with Crippen LogP contribution in [0.3, 0.4) is 0 Å². The van der Waals surface area contributed by atoms with E-state index in [0.717, 1.165) is 57.4 Å². The highest BCUT2D eigenvalue weighted by atomic mass is 16.3. The van der Waals surface area contributed by atoms with E-state index in [1.807, 2.05) is 11.0 Å². The van der Waals surface area contributed by atoms with Crippen LogP contribution in [-0.2, 0) is 11.2 Å². The molecule has 0 bridgehead atoms. The maximum Gasteiger partial charge on any atom is 0.226 e. The first-order valence-corrected chi connectivity index (χ1v) is 11.4. The minimum absolute atomic E-state index is 0.0351. The number of hydrogen-bond donors (Lipinski definition) is 3.